The van der Waals surface area contributed by atoms with Gasteiger partial charge in [0.15, 0.2) is 0 Å². The lowest BCUT2D eigenvalue weighted by Crippen LogP contribution is -2.51. The molecule has 3 amide bonds. The number of hydrogen-bond acceptors (Lipinski definition) is 3. The summed E-state index contributed by atoms with van der Waals surface area (Å²) < 4.78 is 0. The molecule has 35 heavy (non-hydrogen) atoms. The molecular formula is C30H22N2O3. The third kappa shape index (κ3) is 3.44. The summed E-state index contributed by atoms with van der Waals surface area (Å²) in [6, 6.07) is 30.8. The lowest BCUT2D eigenvalue weighted by Gasteiger charge is -2.27. The Labute approximate surface area is 203 Å². The molecular weight excluding hydrogens is 436 g/mol. The topological polar surface area (TPSA) is 66.5 Å². The van der Waals surface area contributed by atoms with Crippen molar-refractivity contribution in [1.29, 1.82) is 0 Å². The largest absolute Gasteiger partial charge is 0.343 e. The van der Waals surface area contributed by atoms with Gasteiger partial charge in [0.25, 0.3) is 11.8 Å². The number of carbonyl (C=O) groups excluding carboxylic acids is 3. The molecule has 1 aliphatic carbocycles. The molecule has 0 fully saturated rings. The molecule has 4 aromatic carbocycles. The van der Waals surface area contributed by atoms with Crippen molar-refractivity contribution in [3.8, 4) is 11.1 Å². The van der Waals surface area contributed by atoms with Gasteiger partial charge in [0.2, 0.25) is 5.91 Å². The van der Waals surface area contributed by atoms with Crippen molar-refractivity contribution in [3.63, 3.8) is 0 Å². The highest BCUT2D eigenvalue weighted by molar-refractivity contribution is 6.22. The van der Waals surface area contributed by atoms with Gasteiger partial charge in [-0.1, -0.05) is 91.0 Å². The van der Waals surface area contributed by atoms with Gasteiger partial charge in [-0.15, -0.1) is 0 Å². The highest BCUT2D eigenvalue weighted by Gasteiger charge is 2.43. The third-order valence-corrected chi connectivity index (χ3v) is 6.83. The first kappa shape index (κ1) is 21.1. The van der Waals surface area contributed by atoms with E-state index < -0.39 is 17.9 Å². The Kier molecular flexibility index (Phi) is 5.03. The Hall–Kier alpha value is -4.51. The van der Waals surface area contributed by atoms with Crippen molar-refractivity contribution in [2.45, 2.75) is 18.5 Å². The highest BCUT2D eigenvalue weighted by Crippen LogP contribution is 2.43. The van der Waals surface area contributed by atoms with E-state index in [1.165, 1.54) is 0 Å². The molecule has 0 unspecified atom stereocenters. The Morgan fingerprint density at radius 2 is 1.11 bits per heavy atom. The van der Waals surface area contributed by atoms with Crippen LogP contribution in [0.5, 0.6) is 0 Å². The van der Waals surface area contributed by atoms with Gasteiger partial charge in [-0.05, 0) is 39.9 Å². The van der Waals surface area contributed by atoms with E-state index in [-0.39, 0.29) is 18.4 Å². The van der Waals surface area contributed by atoms with Crippen molar-refractivity contribution in [2.75, 3.05) is 0 Å². The van der Waals surface area contributed by atoms with E-state index in [0.29, 0.717) is 11.1 Å². The van der Waals surface area contributed by atoms with Gasteiger partial charge in [0, 0.05) is 6.42 Å². The third-order valence-electron chi connectivity index (χ3n) is 6.83. The predicted octanol–water partition coefficient (Wildman–Crippen LogP) is 4.78. The lowest BCUT2D eigenvalue weighted by molar-refractivity contribution is -0.125. The summed E-state index contributed by atoms with van der Waals surface area (Å²) >= 11 is 0. The molecule has 1 heterocycles. The number of benzene rings is 4. The Bertz CT molecular complexity index is 1400. The van der Waals surface area contributed by atoms with Crippen LogP contribution < -0.4 is 5.32 Å². The van der Waals surface area contributed by atoms with Crippen LogP contribution in [0.4, 0.5) is 0 Å². The first-order valence-electron chi connectivity index (χ1n) is 11.6. The lowest BCUT2D eigenvalue weighted by atomic mass is 10.0. The minimum absolute atomic E-state index is 0.230. The normalized spacial score (nSPS) is 14.9. The fourth-order valence-electron chi connectivity index (χ4n) is 5.18. The summed E-state index contributed by atoms with van der Waals surface area (Å²) in [6.07, 6.45) is 0.230. The van der Waals surface area contributed by atoms with Gasteiger partial charge in [-0.3, -0.25) is 19.3 Å². The van der Waals surface area contributed by atoms with Crippen LogP contribution in [0.25, 0.3) is 11.1 Å². The molecule has 0 radical (unpaired) electrons. The fourth-order valence-corrected chi connectivity index (χ4v) is 5.18. The van der Waals surface area contributed by atoms with Crippen LogP contribution in [0.15, 0.2) is 103 Å². The Morgan fingerprint density at radius 3 is 1.66 bits per heavy atom. The van der Waals surface area contributed by atoms with E-state index in [4.69, 9.17) is 0 Å². The van der Waals surface area contributed by atoms with Crippen LogP contribution >= 0.6 is 0 Å². The highest BCUT2D eigenvalue weighted by atomic mass is 16.2. The molecule has 0 spiro atoms. The molecule has 1 atom stereocenters. The maximum atomic E-state index is 13.9. The summed E-state index contributed by atoms with van der Waals surface area (Å²) in [4.78, 5) is 41.6. The van der Waals surface area contributed by atoms with Crippen LogP contribution in [-0.4, -0.2) is 28.7 Å². The first-order chi connectivity index (χ1) is 17.1. The van der Waals surface area contributed by atoms with Gasteiger partial charge >= 0.3 is 0 Å². The standard InChI is InChI=1S/C30H22N2O3/c33-28(31-27-22-14-6-4-12-20(22)21-13-5-7-15-23(21)27)26(18-19-10-2-1-3-11-19)32-29(34)24-16-8-9-17-25(24)30(32)35/h1-17,26-27H,18H2,(H,31,33)/t26-/m1/s1. The summed E-state index contributed by atoms with van der Waals surface area (Å²) in [5.41, 5.74) is 5.70. The second kappa shape index (κ2) is 8.37. The van der Waals surface area contributed by atoms with E-state index in [2.05, 4.69) is 5.32 Å². The average molecular weight is 459 g/mol. The van der Waals surface area contributed by atoms with Crippen LogP contribution in [0.1, 0.15) is 43.4 Å². The van der Waals surface area contributed by atoms with E-state index in [1.807, 2.05) is 78.9 Å². The molecule has 2 aliphatic rings. The molecule has 1 N–H and O–H groups in total. The number of imide groups is 1. The number of carbonyl (C=O) groups is 3. The van der Waals surface area contributed by atoms with Gasteiger partial charge in [-0.25, -0.2) is 0 Å². The molecule has 4 aromatic rings. The molecule has 1 aliphatic heterocycles. The molecule has 0 saturated carbocycles. The average Bonchev–Trinajstić information content (AvgIpc) is 3.35. The number of amides is 3. The molecule has 5 nitrogen and oxygen atoms in total. The number of fused-ring (bicyclic) bond motifs is 4. The molecule has 6 rings (SSSR count). The van der Waals surface area contributed by atoms with Crippen LogP contribution in [0.2, 0.25) is 0 Å². The minimum Gasteiger partial charge on any atom is -0.343 e. The summed E-state index contributed by atoms with van der Waals surface area (Å²) in [5.74, 6) is -1.23. The van der Waals surface area contributed by atoms with Crippen molar-refractivity contribution < 1.29 is 14.4 Å². The number of hydrogen-bond donors (Lipinski definition) is 1. The van der Waals surface area contributed by atoms with Crippen molar-refractivity contribution >= 4 is 17.7 Å². The smallest absolute Gasteiger partial charge is 0.262 e. The summed E-state index contributed by atoms with van der Waals surface area (Å²) in [5, 5.41) is 3.17. The quantitative estimate of drug-likeness (QED) is 0.438. The second-order valence-corrected chi connectivity index (χ2v) is 8.85. The predicted molar refractivity (Wildman–Crippen MR) is 133 cm³/mol. The van der Waals surface area contributed by atoms with E-state index in [1.54, 1.807) is 24.3 Å². The van der Waals surface area contributed by atoms with Crippen LogP contribution in [-0.2, 0) is 11.2 Å². The first-order valence-corrected chi connectivity index (χ1v) is 11.6. The van der Waals surface area contributed by atoms with Crippen LogP contribution in [0, 0.1) is 0 Å². The Balaban J connectivity index is 1.38. The molecule has 170 valence electrons. The van der Waals surface area contributed by atoms with Crippen molar-refractivity contribution in [2.24, 2.45) is 0 Å². The fraction of sp³-hybridized carbons (Fsp3) is 0.100. The molecule has 0 aromatic heterocycles. The number of nitrogens with zero attached hydrogens (tertiary/aromatic N) is 1. The van der Waals surface area contributed by atoms with Gasteiger partial charge in [0.1, 0.15) is 6.04 Å². The number of rotatable bonds is 5. The second-order valence-electron chi connectivity index (χ2n) is 8.85. The maximum Gasteiger partial charge on any atom is 0.262 e. The summed E-state index contributed by atoms with van der Waals surface area (Å²) in [7, 11) is 0. The van der Waals surface area contributed by atoms with E-state index >= 15 is 0 Å². The zero-order valence-electron chi connectivity index (χ0n) is 18.8. The van der Waals surface area contributed by atoms with Gasteiger partial charge in [-0.2, -0.15) is 0 Å². The molecule has 0 saturated heterocycles. The summed E-state index contributed by atoms with van der Waals surface area (Å²) in [6.45, 7) is 0. The minimum atomic E-state index is -0.982. The SMILES string of the molecule is O=C(NC1c2ccccc2-c2ccccc21)[C@@H](Cc1ccccc1)N1C(=O)c2ccccc2C1=O. The van der Waals surface area contributed by atoms with Gasteiger partial charge in [0.05, 0.1) is 17.2 Å². The van der Waals surface area contributed by atoms with E-state index in [0.717, 1.165) is 32.7 Å². The molecule has 5 heteroatoms. The monoisotopic (exact) mass is 458 g/mol. The zero-order valence-corrected chi connectivity index (χ0v) is 18.8. The Morgan fingerprint density at radius 1 is 0.657 bits per heavy atom. The van der Waals surface area contributed by atoms with Crippen molar-refractivity contribution in [3.05, 3.63) is 131 Å². The van der Waals surface area contributed by atoms with Crippen LogP contribution in [0.3, 0.4) is 0 Å². The van der Waals surface area contributed by atoms with Crippen molar-refractivity contribution in [1.82, 2.24) is 10.2 Å². The van der Waals surface area contributed by atoms with E-state index in [9.17, 15) is 14.4 Å². The maximum absolute atomic E-state index is 13.9. The molecule has 0 bridgehead atoms. The zero-order chi connectivity index (χ0) is 23.9. The van der Waals surface area contributed by atoms with Gasteiger partial charge < -0.3 is 5.32 Å². The number of nitrogens with one attached hydrogen (secondary N) is 1.